The van der Waals surface area contributed by atoms with E-state index in [0.29, 0.717) is 12.5 Å². The zero-order valence-electron chi connectivity index (χ0n) is 14.9. The largest absolute Gasteiger partial charge is 0.355 e. The Labute approximate surface area is 145 Å². The van der Waals surface area contributed by atoms with Crippen molar-refractivity contribution in [3.05, 3.63) is 65.8 Å². The van der Waals surface area contributed by atoms with E-state index in [1.54, 1.807) is 0 Å². The van der Waals surface area contributed by atoms with Gasteiger partial charge in [-0.1, -0.05) is 75.4 Å². The zero-order valence-corrected chi connectivity index (χ0v) is 14.9. The first kappa shape index (κ1) is 16.8. The van der Waals surface area contributed by atoms with E-state index >= 15 is 0 Å². The van der Waals surface area contributed by atoms with Crippen LogP contribution >= 0.6 is 0 Å². The number of nitrogens with one attached hydrogen (secondary N) is 1. The number of hydrogen-bond acceptors (Lipinski definition) is 1. The minimum Gasteiger partial charge on any atom is -0.355 e. The van der Waals surface area contributed by atoms with Crippen molar-refractivity contribution in [1.82, 2.24) is 5.32 Å². The molecule has 2 aliphatic rings. The number of allylic oxidation sites excluding steroid dienone is 6. The fourth-order valence-corrected chi connectivity index (χ4v) is 2.87. The highest BCUT2D eigenvalue weighted by atomic mass is 16.2. The number of benzene rings is 1. The number of hydrogen-bond donors (Lipinski definition) is 1. The lowest BCUT2D eigenvalue weighted by Crippen LogP contribution is -2.28. The van der Waals surface area contributed by atoms with Crippen molar-refractivity contribution in [3.8, 4) is 0 Å². The Hall–Kier alpha value is -2.09. The Morgan fingerprint density at radius 1 is 1.21 bits per heavy atom. The lowest BCUT2D eigenvalue weighted by Gasteiger charge is -2.14. The molecule has 0 saturated heterocycles. The van der Waals surface area contributed by atoms with Crippen molar-refractivity contribution in [2.75, 3.05) is 6.54 Å². The summed E-state index contributed by atoms with van der Waals surface area (Å²) in [5.74, 6) is 0.840. The van der Waals surface area contributed by atoms with Gasteiger partial charge in [-0.15, -0.1) is 0 Å². The highest BCUT2D eigenvalue weighted by Gasteiger charge is 2.29. The molecule has 3 rings (SSSR count). The van der Waals surface area contributed by atoms with Crippen molar-refractivity contribution in [3.63, 3.8) is 0 Å². The number of rotatable bonds is 5. The van der Waals surface area contributed by atoms with Crippen molar-refractivity contribution >= 4 is 11.5 Å². The smallest absolute Gasteiger partial charge is 0.223 e. The average molecular weight is 321 g/mol. The van der Waals surface area contributed by atoms with E-state index in [1.165, 1.54) is 16.7 Å². The van der Waals surface area contributed by atoms with E-state index in [4.69, 9.17) is 0 Å². The van der Waals surface area contributed by atoms with E-state index in [2.05, 4.69) is 80.7 Å². The molecule has 1 aromatic carbocycles. The molecule has 0 spiro atoms. The molecule has 0 heterocycles. The molecule has 0 aromatic heterocycles. The van der Waals surface area contributed by atoms with Gasteiger partial charge in [0.2, 0.25) is 5.91 Å². The van der Waals surface area contributed by atoms with E-state index in [9.17, 15) is 4.79 Å². The zero-order chi connectivity index (χ0) is 17.2. The third-order valence-electron chi connectivity index (χ3n) is 4.84. The summed E-state index contributed by atoms with van der Waals surface area (Å²) in [6.45, 7) is 7.29. The summed E-state index contributed by atoms with van der Waals surface area (Å²) < 4.78 is 0. The minimum absolute atomic E-state index is 0.104. The quantitative estimate of drug-likeness (QED) is 0.825. The Balaban J connectivity index is 1.63. The molecule has 2 heteroatoms. The summed E-state index contributed by atoms with van der Waals surface area (Å²) >= 11 is 0. The van der Waals surface area contributed by atoms with Crippen molar-refractivity contribution < 1.29 is 4.79 Å². The maximum absolute atomic E-state index is 11.8. The lowest BCUT2D eigenvalue weighted by atomic mass is 9.92. The van der Waals surface area contributed by atoms with Gasteiger partial charge in [-0.25, -0.2) is 0 Å². The van der Waals surface area contributed by atoms with Crippen LogP contribution in [-0.2, 0) is 4.79 Å². The first-order valence-electron chi connectivity index (χ1n) is 8.91. The molecule has 1 unspecified atom stereocenters. The second kappa shape index (κ2) is 6.80. The summed E-state index contributed by atoms with van der Waals surface area (Å²) in [4.78, 5) is 11.8. The number of carbonyl (C=O) groups is 1. The van der Waals surface area contributed by atoms with Crippen LogP contribution in [0.4, 0.5) is 0 Å². The van der Waals surface area contributed by atoms with E-state index in [0.717, 1.165) is 12.8 Å². The Kier molecular flexibility index (Phi) is 4.75. The first-order chi connectivity index (χ1) is 11.4. The fraction of sp³-hybridized carbons (Fsp3) is 0.409. The Morgan fingerprint density at radius 2 is 1.92 bits per heavy atom. The minimum atomic E-state index is 0.104. The Morgan fingerprint density at radius 3 is 2.58 bits per heavy atom. The highest BCUT2D eigenvalue weighted by molar-refractivity contribution is 5.80. The molecular weight excluding hydrogens is 294 g/mol. The van der Waals surface area contributed by atoms with Gasteiger partial charge < -0.3 is 5.32 Å². The van der Waals surface area contributed by atoms with E-state index in [1.807, 2.05) is 0 Å². The van der Waals surface area contributed by atoms with Gasteiger partial charge in [-0.3, -0.25) is 4.79 Å². The number of amides is 1. The lowest BCUT2D eigenvalue weighted by molar-refractivity contribution is -0.122. The molecule has 1 amide bonds. The van der Waals surface area contributed by atoms with E-state index in [-0.39, 0.29) is 17.2 Å². The molecule has 1 N–H and O–H groups in total. The van der Waals surface area contributed by atoms with Gasteiger partial charge in [-0.2, -0.15) is 0 Å². The highest BCUT2D eigenvalue weighted by Crippen LogP contribution is 2.29. The van der Waals surface area contributed by atoms with Gasteiger partial charge in [0.25, 0.3) is 0 Å². The molecule has 1 atom stereocenters. The van der Waals surface area contributed by atoms with Gasteiger partial charge in [0, 0.05) is 17.9 Å². The molecule has 0 radical (unpaired) electrons. The monoisotopic (exact) mass is 321 g/mol. The van der Waals surface area contributed by atoms with Gasteiger partial charge in [0.1, 0.15) is 0 Å². The van der Waals surface area contributed by atoms with Crippen LogP contribution in [0.3, 0.4) is 0 Å². The summed E-state index contributed by atoms with van der Waals surface area (Å²) in [5, 5.41) is 3.07. The standard InChI is InChI=1S/C22H27NO/c1-16(15-23-21(24)20-10-11-20)17-6-8-19(9-7-17)18-5-4-13-22(2,3)14-12-18/h4-9,12-14,16,20H,10-11,15H2,1-3H3,(H,23,24). The van der Waals surface area contributed by atoms with Gasteiger partial charge in [0.15, 0.2) is 0 Å². The van der Waals surface area contributed by atoms with E-state index < -0.39 is 0 Å². The molecule has 2 nitrogen and oxygen atoms in total. The average Bonchev–Trinajstić information content (AvgIpc) is 3.40. The van der Waals surface area contributed by atoms with Crippen molar-refractivity contribution in [2.45, 2.75) is 39.5 Å². The van der Waals surface area contributed by atoms with Crippen molar-refractivity contribution in [1.29, 1.82) is 0 Å². The Bertz CT molecular complexity index is 687. The molecule has 24 heavy (non-hydrogen) atoms. The third kappa shape index (κ3) is 4.25. The van der Waals surface area contributed by atoms with Crippen LogP contribution in [-0.4, -0.2) is 12.5 Å². The predicted molar refractivity (Wildman–Crippen MR) is 101 cm³/mol. The van der Waals surface area contributed by atoms with Crippen LogP contribution < -0.4 is 5.32 Å². The molecular formula is C22H27NO. The van der Waals surface area contributed by atoms with Crippen LogP contribution in [0.15, 0.2) is 54.6 Å². The third-order valence-corrected chi connectivity index (χ3v) is 4.84. The summed E-state index contributed by atoms with van der Waals surface area (Å²) in [5.41, 5.74) is 3.83. The van der Waals surface area contributed by atoms with Crippen LogP contribution in [0, 0.1) is 11.3 Å². The molecule has 1 fully saturated rings. The molecule has 2 aliphatic carbocycles. The predicted octanol–water partition coefficient (Wildman–Crippen LogP) is 4.85. The second-order valence-corrected chi connectivity index (χ2v) is 7.68. The SMILES string of the molecule is CC(CNC(=O)C1CC1)c1ccc(C2=CC=CC(C)(C)C=C2)cc1. The van der Waals surface area contributed by atoms with Crippen LogP contribution in [0.5, 0.6) is 0 Å². The van der Waals surface area contributed by atoms with Gasteiger partial charge >= 0.3 is 0 Å². The molecule has 0 aliphatic heterocycles. The molecule has 126 valence electrons. The van der Waals surface area contributed by atoms with Gasteiger partial charge in [0.05, 0.1) is 0 Å². The maximum Gasteiger partial charge on any atom is 0.223 e. The maximum atomic E-state index is 11.8. The van der Waals surface area contributed by atoms with Crippen LogP contribution in [0.1, 0.15) is 50.7 Å². The van der Waals surface area contributed by atoms with Crippen molar-refractivity contribution in [2.24, 2.45) is 11.3 Å². The summed E-state index contributed by atoms with van der Waals surface area (Å²) in [6, 6.07) is 8.71. The summed E-state index contributed by atoms with van der Waals surface area (Å²) in [6.07, 6.45) is 13.1. The topological polar surface area (TPSA) is 29.1 Å². The molecule has 1 aromatic rings. The number of carbonyl (C=O) groups excluding carboxylic acids is 1. The van der Waals surface area contributed by atoms with Crippen LogP contribution in [0.2, 0.25) is 0 Å². The normalized spacial score (nSPS) is 20.2. The molecule has 0 bridgehead atoms. The summed E-state index contributed by atoms with van der Waals surface area (Å²) in [7, 11) is 0. The first-order valence-corrected chi connectivity index (χ1v) is 8.91. The fourth-order valence-electron chi connectivity index (χ4n) is 2.87. The van der Waals surface area contributed by atoms with Gasteiger partial charge in [-0.05, 0) is 35.5 Å². The second-order valence-electron chi connectivity index (χ2n) is 7.68. The molecule has 1 saturated carbocycles. The van der Waals surface area contributed by atoms with Crippen LogP contribution in [0.25, 0.3) is 5.57 Å².